The fraction of sp³-hybridized carbons (Fsp3) is 0. The summed E-state index contributed by atoms with van der Waals surface area (Å²) in [7, 11) is 0. The predicted octanol–water partition coefficient (Wildman–Crippen LogP) is 11.3. The average molecular weight is 610 g/mol. The van der Waals surface area contributed by atoms with Crippen LogP contribution in [-0.4, -0.2) is 15.0 Å². The molecule has 0 aliphatic carbocycles. The first-order valence-corrected chi connectivity index (χ1v) is 15.8. The van der Waals surface area contributed by atoms with Crippen LogP contribution in [0.4, 0.5) is 17.3 Å². The maximum Gasteiger partial charge on any atom is 0.238 e. The highest BCUT2D eigenvalue weighted by molar-refractivity contribution is 7.25. The van der Waals surface area contributed by atoms with Crippen LogP contribution in [0.5, 0.6) is 0 Å². The summed E-state index contributed by atoms with van der Waals surface area (Å²) < 4.78 is 45.1. The van der Waals surface area contributed by atoms with E-state index in [1.807, 2.05) is 47.4 Å². The minimum atomic E-state index is -0.474. The Morgan fingerprint density at radius 3 is 2.17 bits per heavy atom. The highest BCUT2D eigenvalue weighted by Crippen LogP contribution is 2.52. The number of benzene rings is 7. The molecule has 214 valence electrons. The van der Waals surface area contributed by atoms with E-state index in [1.54, 1.807) is 11.3 Å². The van der Waals surface area contributed by atoms with Gasteiger partial charge in [0, 0.05) is 47.6 Å². The minimum Gasteiger partial charge on any atom is -0.277 e. The molecule has 0 bridgehead atoms. The lowest BCUT2D eigenvalue weighted by molar-refractivity contribution is 1.03. The van der Waals surface area contributed by atoms with E-state index in [4.69, 9.17) is 21.8 Å². The molecule has 0 saturated heterocycles. The van der Waals surface area contributed by atoms with E-state index >= 15 is 0 Å². The van der Waals surface area contributed by atoms with Crippen molar-refractivity contribution in [3.8, 4) is 33.9 Å². The summed E-state index contributed by atoms with van der Waals surface area (Å²) >= 11 is 1.68. The maximum atomic E-state index is 8.86. The van der Waals surface area contributed by atoms with E-state index in [-0.39, 0.29) is 29.4 Å². The zero-order chi connectivity index (χ0) is 34.5. The van der Waals surface area contributed by atoms with Crippen LogP contribution in [0.2, 0.25) is 0 Å². The van der Waals surface area contributed by atoms with Gasteiger partial charge in [-0.05, 0) is 34.5 Å². The van der Waals surface area contributed by atoms with Gasteiger partial charge in [0.25, 0.3) is 0 Å². The van der Waals surface area contributed by atoms with Crippen LogP contribution >= 0.6 is 11.3 Å². The van der Waals surface area contributed by atoms with Gasteiger partial charge in [-0.1, -0.05) is 127 Å². The highest BCUT2D eigenvalue weighted by atomic mass is 32.1. The normalized spacial score (nSPS) is 13.8. The first-order valence-electron chi connectivity index (χ1n) is 17.5. The molecule has 7 aromatic carbocycles. The van der Waals surface area contributed by atoms with Gasteiger partial charge < -0.3 is 0 Å². The highest BCUT2D eigenvalue weighted by Gasteiger charge is 2.30. The minimum absolute atomic E-state index is 0.00346. The zero-order valence-electron chi connectivity index (χ0n) is 29.2. The van der Waals surface area contributed by atoms with Gasteiger partial charge in [0.15, 0.2) is 11.6 Å². The zero-order valence-corrected chi connectivity index (χ0v) is 25.0. The van der Waals surface area contributed by atoms with E-state index in [0.29, 0.717) is 5.82 Å². The van der Waals surface area contributed by atoms with Crippen LogP contribution in [0, 0.1) is 0 Å². The number of rotatable bonds is 3. The van der Waals surface area contributed by atoms with Gasteiger partial charge >= 0.3 is 0 Å². The van der Waals surface area contributed by atoms with Gasteiger partial charge in [-0.2, -0.15) is 9.97 Å². The molecule has 0 spiro atoms. The quantitative estimate of drug-likeness (QED) is 0.200. The molecule has 4 nitrogen and oxygen atoms in total. The summed E-state index contributed by atoms with van der Waals surface area (Å²) in [6.07, 6.45) is 0. The number of aromatic nitrogens is 3. The molecule has 9 aromatic rings. The van der Waals surface area contributed by atoms with Crippen LogP contribution in [-0.2, 0) is 0 Å². The Hall–Kier alpha value is -5.91. The van der Waals surface area contributed by atoms with Crippen LogP contribution in [0.3, 0.4) is 0 Å². The van der Waals surface area contributed by atoms with E-state index < -0.39 is 18.1 Å². The number of hydrogen-bond acceptors (Lipinski definition) is 5. The topological polar surface area (TPSA) is 41.9 Å². The Morgan fingerprint density at radius 1 is 0.543 bits per heavy atom. The second-order valence-electron chi connectivity index (χ2n) is 11.3. The fourth-order valence-corrected chi connectivity index (χ4v) is 7.85. The van der Waals surface area contributed by atoms with Crippen molar-refractivity contribution >= 4 is 70.4 Å². The first kappa shape index (κ1) is 20.9. The molecule has 0 fully saturated rings. The molecule has 5 heteroatoms. The van der Waals surface area contributed by atoms with Gasteiger partial charge in [-0.3, -0.25) is 4.90 Å². The monoisotopic (exact) mass is 609 g/mol. The molecule has 1 aliphatic rings. The Morgan fingerprint density at radius 2 is 1.28 bits per heavy atom. The summed E-state index contributed by atoms with van der Waals surface area (Å²) in [6, 6.07) is 37.1. The Kier molecular flexibility index (Phi) is 4.46. The van der Waals surface area contributed by atoms with E-state index in [0.717, 1.165) is 59.7 Å². The largest absolute Gasteiger partial charge is 0.277 e. The third kappa shape index (κ3) is 3.76. The number of hydrogen-bond donors (Lipinski definition) is 0. The lowest BCUT2D eigenvalue weighted by Gasteiger charge is -2.33. The van der Waals surface area contributed by atoms with Crippen LogP contribution < -0.4 is 4.90 Å². The fourth-order valence-electron chi connectivity index (χ4n) is 6.71. The molecule has 0 N–H and O–H groups in total. The maximum absolute atomic E-state index is 8.86. The molecule has 10 rings (SSSR count). The molecule has 0 saturated carbocycles. The van der Waals surface area contributed by atoms with Crippen LogP contribution in [0.1, 0.15) is 6.85 Å². The van der Waals surface area contributed by atoms with Crippen molar-refractivity contribution in [2.24, 2.45) is 0 Å². The van der Waals surface area contributed by atoms with E-state index in [9.17, 15) is 0 Å². The van der Waals surface area contributed by atoms with Crippen molar-refractivity contribution in [2.45, 2.75) is 0 Å². The predicted molar refractivity (Wildman–Crippen MR) is 192 cm³/mol. The van der Waals surface area contributed by atoms with Crippen molar-refractivity contribution in [3.63, 3.8) is 0 Å². The standard InChI is InChI=1S/C41H24N4S/c1-2-11-27(12-3-1)39-42-40(28-21-22-31-30-16-6-7-19-35(30)46-36(31)24-28)44-41(43-39)45-34-18-9-14-26-13-8-17-32(37(26)34)33-23-20-25-10-4-5-15-29(25)38(33)45/h1-24H/i1D,2D,3D,11D,12D. The molecule has 46 heavy (non-hydrogen) atoms. The van der Waals surface area contributed by atoms with Gasteiger partial charge in [-0.15, -0.1) is 11.3 Å². The number of nitrogens with zero attached hydrogens (tertiary/aromatic N) is 4. The summed E-state index contributed by atoms with van der Waals surface area (Å²) in [6.45, 7) is 0. The van der Waals surface area contributed by atoms with Crippen molar-refractivity contribution in [1.29, 1.82) is 0 Å². The number of thiophene rings is 1. The average Bonchev–Trinajstić information content (AvgIpc) is 3.54. The lowest BCUT2D eigenvalue weighted by atomic mass is 9.89. The molecule has 0 amide bonds. The summed E-state index contributed by atoms with van der Waals surface area (Å²) in [5.74, 6) is 0.600. The Bertz CT molecular complexity index is 2930. The summed E-state index contributed by atoms with van der Waals surface area (Å²) in [5.41, 5.74) is 4.51. The van der Waals surface area contributed by atoms with Crippen molar-refractivity contribution in [3.05, 3.63) is 145 Å². The van der Waals surface area contributed by atoms with E-state index in [2.05, 4.69) is 72.8 Å². The smallest absolute Gasteiger partial charge is 0.238 e. The van der Waals surface area contributed by atoms with Gasteiger partial charge in [-0.25, -0.2) is 4.98 Å². The first-order chi connectivity index (χ1) is 24.9. The summed E-state index contributed by atoms with van der Waals surface area (Å²) in [4.78, 5) is 17.0. The third-order valence-electron chi connectivity index (χ3n) is 8.72. The number of fused-ring (bicyclic) bond motifs is 7. The Balaban J connectivity index is 1.31. The molecule has 1 aliphatic heterocycles. The third-order valence-corrected chi connectivity index (χ3v) is 9.86. The van der Waals surface area contributed by atoms with E-state index in [1.165, 1.54) is 10.1 Å². The molecule has 3 heterocycles. The SMILES string of the molecule is [2H]c1c([2H])c([2H])c(-c2nc(-c3ccc4c(c3)sc3ccccc34)nc(N3c4c(ccc5ccccc45)-c4cccc5cccc3c45)n2)c([2H])c1[2H]. The molecule has 0 unspecified atom stereocenters. The molecular weight excluding hydrogens is 581 g/mol. The second kappa shape index (κ2) is 9.80. The molecule has 2 aromatic heterocycles. The van der Waals surface area contributed by atoms with Gasteiger partial charge in [0.2, 0.25) is 5.95 Å². The van der Waals surface area contributed by atoms with Crippen molar-refractivity contribution < 1.29 is 6.85 Å². The van der Waals surface area contributed by atoms with Crippen molar-refractivity contribution in [1.82, 2.24) is 15.0 Å². The molecule has 0 radical (unpaired) electrons. The molecular formula is C41H24N4S. The molecule has 0 atom stereocenters. The Labute approximate surface area is 275 Å². The summed E-state index contributed by atoms with van der Waals surface area (Å²) in [5, 5.41) is 6.44. The number of anilines is 3. The van der Waals surface area contributed by atoms with Crippen molar-refractivity contribution in [2.75, 3.05) is 4.90 Å². The lowest BCUT2D eigenvalue weighted by Crippen LogP contribution is -2.19. The van der Waals surface area contributed by atoms with Gasteiger partial charge in [0.1, 0.15) is 0 Å². The second-order valence-corrected chi connectivity index (χ2v) is 12.4. The van der Waals surface area contributed by atoms with Crippen LogP contribution in [0.25, 0.3) is 75.6 Å². The van der Waals surface area contributed by atoms with Gasteiger partial charge in [0.05, 0.1) is 18.2 Å². The van der Waals surface area contributed by atoms with Crippen LogP contribution in [0.15, 0.2) is 145 Å².